The van der Waals surface area contributed by atoms with Gasteiger partial charge in [-0.15, -0.1) is 10.2 Å². The van der Waals surface area contributed by atoms with Crippen molar-refractivity contribution in [2.75, 3.05) is 6.58 Å². The zero-order chi connectivity index (χ0) is 19.3. The van der Waals surface area contributed by atoms with Crippen LogP contribution < -0.4 is 4.74 Å². The Kier molecular flexibility index (Phi) is 4.12. The molecule has 1 aromatic rings. The van der Waals surface area contributed by atoms with Crippen molar-refractivity contribution in [3.8, 4) is 5.75 Å². The third kappa shape index (κ3) is 3.09. The molecule has 2 aliphatic rings. The number of nitrogens with zero attached hydrogens (tertiary/aromatic N) is 2. The van der Waals surface area contributed by atoms with Gasteiger partial charge in [0.15, 0.2) is 0 Å². The quantitative estimate of drug-likeness (QED) is 0.597. The summed E-state index contributed by atoms with van der Waals surface area (Å²) in [4.78, 5) is 0. The average molecular weight is 366 g/mol. The Balaban J connectivity index is 1.73. The molecule has 138 valence electrons. The molecule has 25 heavy (non-hydrogen) atoms. The maximum absolute atomic E-state index is 12.9. The molecule has 8 nitrogen and oxygen atoms in total. The third-order valence-corrected chi connectivity index (χ3v) is 3.96. The Morgan fingerprint density at radius 2 is 1.72 bits per heavy atom. The molecule has 4 N–H and O–H groups in total. The number of hydrogen-bond acceptors (Lipinski definition) is 8. The summed E-state index contributed by atoms with van der Waals surface area (Å²) in [5, 5.41) is 44.7. The number of aliphatic hydroxyl groups excluding tert-OH is 4. The van der Waals surface area contributed by atoms with Crippen molar-refractivity contribution in [2.24, 2.45) is 10.2 Å². The molecule has 0 aliphatic carbocycles. The molecular weight excluding hydrogens is 349 g/mol. The van der Waals surface area contributed by atoms with Crippen molar-refractivity contribution in [1.29, 1.82) is 0 Å². The van der Waals surface area contributed by atoms with Crippen molar-refractivity contribution >= 4 is 0 Å². The van der Waals surface area contributed by atoms with Crippen LogP contribution in [0.4, 0.5) is 13.2 Å². The van der Waals surface area contributed by atoms with Crippen molar-refractivity contribution in [2.45, 2.75) is 42.5 Å². The van der Waals surface area contributed by atoms with Gasteiger partial charge in [-0.05, 0) is 12.1 Å². The second-order valence-electron chi connectivity index (χ2n) is 5.60. The molecule has 2 heterocycles. The number of halogens is 3. The second-order valence-corrected chi connectivity index (χ2v) is 5.60. The Morgan fingerprint density at radius 1 is 1.12 bits per heavy atom. The van der Waals surface area contributed by atoms with Crippen LogP contribution >= 0.6 is 0 Å². The van der Waals surface area contributed by atoms with Crippen LogP contribution in [-0.2, 0) is 10.4 Å². The summed E-state index contributed by atoms with van der Waals surface area (Å²) in [6, 6.07) is 4.48. The molecule has 3 rings (SSSR count). The van der Waals surface area contributed by atoms with Crippen molar-refractivity contribution in [3.63, 3.8) is 0 Å². The third-order valence-electron chi connectivity index (χ3n) is 3.96. The second kappa shape index (κ2) is 6.18. The van der Waals surface area contributed by atoms with Crippen molar-refractivity contribution in [1.82, 2.24) is 0 Å². The Morgan fingerprint density at radius 3 is 2.20 bits per heavy atom. The maximum atomic E-state index is 12.9. The molecular formula is C14H15F3N2O6. The van der Waals surface area contributed by atoms with Crippen LogP contribution in [-0.4, -0.2) is 63.9 Å². The van der Waals surface area contributed by atoms with E-state index in [-0.39, 0.29) is 11.3 Å². The fourth-order valence-electron chi connectivity index (χ4n) is 2.44. The number of ether oxygens (including phenoxy) is 2. The van der Waals surface area contributed by atoms with Gasteiger partial charge in [-0.1, -0.05) is 12.1 Å². The number of rotatable bonds is 4. The molecule has 0 amide bonds. The van der Waals surface area contributed by atoms with Crippen LogP contribution in [0.25, 0.3) is 0 Å². The van der Waals surface area contributed by atoms with E-state index in [0.29, 0.717) is 0 Å². The van der Waals surface area contributed by atoms with Crippen molar-refractivity contribution in [3.05, 3.63) is 29.8 Å². The molecule has 0 radical (unpaired) electrons. The molecule has 6 atom stereocenters. The van der Waals surface area contributed by atoms with Gasteiger partial charge in [0, 0.05) is 5.56 Å². The average Bonchev–Trinajstić information content (AvgIpc) is 3.37. The molecule has 1 aromatic carbocycles. The summed E-state index contributed by atoms with van der Waals surface area (Å²) in [6.07, 6.45) is -13.0. The molecule has 1 fully saturated rings. The predicted octanol–water partition coefficient (Wildman–Crippen LogP) is 0.0462. The lowest BCUT2D eigenvalue weighted by atomic mass is 9.99. The first kappa shape index (κ1) is 16.7. The Bertz CT molecular complexity index is 680. The van der Waals surface area contributed by atoms with E-state index >= 15 is 0 Å². The predicted molar refractivity (Wildman–Crippen MR) is 73.4 cm³/mol. The topological polar surface area (TPSA) is 124 Å². The molecule has 0 aromatic heterocycles. The highest BCUT2D eigenvalue weighted by molar-refractivity contribution is 5.35. The minimum atomic E-state index is -4.67. The Labute approximate surface area is 140 Å². The van der Waals surface area contributed by atoms with E-state index in [1.807, 2.05) is 0 Å². The highest BCUT2D eigenvalue weighted by atomic mass is 19.4. The summed E-state index contributed by atoms with van der Waals surface area (Å²) in [6.45, 7) is -1.91. The van der Waals surface area contributed by atoms with E-state index in [4.69, 9.17) is 10.8 Å². The van der Waals surface area contributed by atoms with Crippen LogP contribution in [0.15, 0.2) is 34.5 Å². The molecule has 0 saturated carbocycles. The van der Waals surface area contributed by atoms with E-state index < -0.39 is 49.1 Å². The van der Waals surface area contributed by atoms with E-state index in [1.165, 1.54) is 0 Å². The standard InChI is InChI=1S/C14H15F3N2O6/c15-14(16,17)13(18-19-13)6-1-3-7(4-2-6)24-12-11(23)10(22)9(21)8(5-20)25-12/h1-4,8-12,20-23H,5H2/t8-,9+,10+,11-,12-/m1/s1/i5T/t5?,8-,9+,10+,11-,12-. The summed E-state index contributed by atoms with van der Waals surface area (Å²) in [5.74, 6) is -0.0161. The normalized spacial score (nSPS) is 35.8. The molecule has 11 heteroatoms. The molecule has 0 spiro atoms. The van der Waals surface area contributed by atoms with Crippen molar-refractivity contribution < 1.29 is 44.4 Å². The van der Waals surface area contributed by atoms with E-state index in [2.05, 4.69) is 10.2 Å². The highest BCUT2D eigenvalue weighted by Crippen LogP contribution is 2.52. The van der Waals surface area contributed by atoms with Gasteiger partial charge < -0.3 is 29.9 Å². The number of aliphatic hydroxyl groups is 4. The van der Waals surface area contributed by atoms with Gasteiger partial charge in [-0.25, -0.2) is 0 Å². The van der Waals surface area contributed by atoms with Gasteiger partial charge >= 0.3 is 11.8 Å². The fraction of sp³-hybridized carbons (Fsp3) is 0.571. The molecule has 0 bridgehead atoms. The van der Waals surface area contributed by atoms with Gasteiger partial charge in [-0.3, -0.25) is 0 Å². The molecule has 1 saturated heterocycles. The highest BCUT2D eigenvalue weighted by Gasteiger charge is 2.65. The van der Waals surface area contributed by atoms with E-state index in [1.54, 1.807) is 0 Å². The lowest BCUT2D eigenvalue weighted by molar-refractivity contribution is -0.277. The van der Waals surface area contributed by atoms with Gasteiger partial charge in [0.1, 0.15) is 30.2 Å². The zero-order valence-corrected chi connectivity index (χ0v) is 12.4. The van der Waals surface area contributed by atoms with Gasteiger partial charge in [0.2, 0.25) is 6.29 Å². The number of benzene rings is 1. The largest absolute Gasteiger partial charge is 0.462 e. The van der Waals surface area contributed by atoms with Crippen LogP contribution in [0.5, 0.6) is 5.75 Å². The maximum Gasteiger partial charge on any atom is 0.442 e. The SMILES string of the molecule is [3H]C(O)[C@H]1O[C@@H](Oc2ccc(C3(C(F)(F)F)N=N3)cc2)[C@H](O)[C@@H](O)[C@H]1O. The number of hydrogen-bond donors (Lipinski definition) is 4. The minimum Gasteiger partial charge on any atom is -0.462 e. The van der Waals surface area contributed by atoms with E-state index in [0.717, 1.165) is 24.3 Å². The van der Waals surface area contributed by atoms with Crippen LogP contribution in [0.2, 0.25) is 0 Å². The molecule has 1 unspecified atom stereocenters. The zero-order valence-electron chi connectivity index (χ0n) is 13.4. The molecule has 2 aliphatic heterocycles. The monoisotopic (exact) mass is 366 g/mol. The van der Waals surface area contributed by atoms with Gasteiger partial charge in [0.05, 0.1) is 7.95 Å². The summed E-state index contributed by atoms with van der Waals surface area (Å²) in [7, 11) is 0. The summed E-state index contributed by atoms with van der Waals surface area (Å²) >= 11 is 0. The first-order valence-electron chi connectivity index (χ1n) is 7.72. The van der Waals surface area contributed by atoms with Crippen LogP contribution in [0.3, 0.4) is 0 Å². The summed E-state index contributed by atoms with van der Waals surface area (Å²) in [5.41, 5.74) is -2.80. The van der Waals surface area contributed by atoms with Gasteiger partial charge in [0.25, 0.3) is 0 Å². The van der Waals surface area contributed by atoms with Crippen LogP contribution in [0, 0.1) is 0 Å². The first-order valence-corrected chi connectivity index (χ1v) is 7.15. The van der Waals surface area contributed by atoms with Gasteiger partial charge in [-0.2, -0.15) is 13.2 Å². The van der Waals surface area contributed by atoms with E-state index in [9.17, 15) is 33.6 Å². The lowest BCUT2D eigenvalue weighted by Crippen LogP contribution is -2.60. The number of alkyl halides is 3. The lowest BCUT2D eigenvalue weighted by Gasteiger charge is -2.39. The summed E-state index contributed by atoms with van der Waals surface area (Å²) < 4.78 is 56.3. The minimum absolute atomic E-state index is 0.0161. The van der Waals surface area contributed by atoms with Crippen LogP contribution in [0.1, 0.15) is 6.93 Å². The smallest absolute Gasteiger partial charge is 0.442 e. The Hall–Kier alpha value is -1.79. The first-order chi connectivity index (χ1) is 12.1. The fourth-order valence-corrected chi connectivity index (χ4v) is 2.44.